The molecule has 2 nitrogen and oxygen atoms in total. The molecule has 2 unspecified atom stereocenters. The van der Waals surface area contributed by atoms with E-state index in [2.05, 4.69) is 13.8 Å². The van der Waals surface area contributed by atoms with Gasteiger partial charge in [0.2, 0.25) is 0 Å². The van der Waals surface area contributed by atoms with Crippen molar-refractivity contribution in [2.75, 3.05) is 13.1 Å². The second-order valence-electron chi connectivity index (χ2n) is 5.33. The van der Waals surface area contributed by atoms with E-state index in [1.165, 1.54) is 6.42 Å². The smallest absolute Gasteiger partial charge is 0.0628 e. The number of rotatable bonds is 1. The molecule has 0 aromatic rings. The van der Waals surface area contributed by atoms with E-state index in [1.54, 1.807) is 0 Å². The molecular weight excluding hydrogens is 198 g/mol. The van der Waals surface area contributed by atoms with Gasteiger partial charge in [-0.1, -0.05) is 13.8 Å². The summed E-state index contributed by atoms with van der Waals surface area (Å²) in [4.78, 5) is 0. The Bertz CT molecular complexity index is 211. The lowest BCUT2D eigenvalue weighted by Gasteiger charge is -2.57. The Labute approximate surface area is 91.3 Å². The second-order valence-corrected chi connectivity index (χ2v) is 5.81. The fourth-order valence-electron chi connectivity index (χ4n) is 3.02. The molecule has 0 aromatic heterocycles. The molecule has 1 heterocycles. The van der Waals surface area contributed by atoms with Crippen LogP contribution in [-0.4, -0.2) is 28.7 Å². The van der Waals surface area contributed by atoms with Gasteiger partial charge < -0.3 is 5.11 Å². The molecule has 14 heavy (non-hydrogen) atoms. The lowest BCUT2D eigenvalue weighted by atomic mass is 9.53. The van der Waals surface area contributed by atoms with E-state index in [0.717, 1.165) is 25.9 Å². The SMILES string of the molecule is CC(C)C1CC2(CCN(Cl)CC2)C1O. The third-order valence-corrected chi connectivity index (χ3v) is 4.57. The molecule has 1 spiro atoms. The molecule has 0 amide bonds. The van der Waals surface area contributed by atoms with Crippen LogP contribution in [-0.2, 0) is 0 Å². The first-order valence-corrected chi connectivity index (χ1v) is 5.98. The summed E-state index contributed by atoms with van der Waals surface area (Å²) in [7, 11) is 0. The summed E-state index contributed by atoms with van der Waals surface area (Å²) in [5.41, 5.74) is 0.223. The molecule has 2 atom stereocenters. The molecule has 0 bridgehead atoms. The quantitative estimate of drug-likeness (QED) is 0.682. The first-order valence-electron chi connectivity index (χ1n) is 5.64. The monoisotopic (exact) mass is 217 g/mol. The molecule has 1 saturated heterocycles. The fraction of sp³-hybridized carbons (Fsp3) is 1.00. The van der Waals surface area contributed by atoms with Crippen LogP contribution in [0.1, 0.15) is 33.1 Å². The summed E-state index contributed by atoms with van der Waals surface area (Å²) < 4.78 is 1.85. The zero-order valence-electron chi connectivity index (χ0n) is 9.04. The predicted octanol–water partition coefficient (Wildman–Crippen LogP) is 2.26. The lowest BCUT2D eigenvalue weighted by Crippen LogP contribution is -2.57. The van der Waals surface area contributed by atoms with Crippen molar-refractivity contribution >= 4 is 11.8 Å². The Morgan fingerprint density at radius 3 is 2.36 bits per heavy atom. The van der Waals surface area contributed by atoms with Crippen LogP contribution in [0.25, 0.3) is 0 Å². The van der Waals surface area contributed by atoms with Gasteiger partial charge in [0.15, 0.2) is 0 Å². The van der Waals surface area contributed by atoms with Crippen LogP contribution in [0.3, 0.4) is 0 Å². The van der Waals surface area contributed by atoms with Gasteiger partial charge in [-0.05, 0) is 48.3 Å². The Hall–Kier alpha value is 0.210. The topological polar surface area (TPSA) is 23.5 Å². The van der Waals surface area contributed by atoms with Gasteiger partial charge in [-0.15, -0.1) is 0 Å². The van der Waals surface area contributed by atoms with E-state index in [1.807, 2.05) is 4.42 Å². The van der Waals surface area contributed by atoms with Crippen molar-refractivity contribution in [1.29, 1.82) is 0 Å². The molecule has 82 valence electrons. The summed E-state index contributed by atoms with van der Waals surface area (Å²) in [6.07, 6.45) is 3.27. The molecule has 1 N–H and O–H groups in total. The fourth-order valence-corrected chi connectivity index (χ4v) is 3.19. The first kappa shape index (κ1) is 10.7. The minimum atomic E-state index is -0.0760. The highest BCUT2D eigenvalue weighted by Crippen LogP contribution is 2.55. The van der Waals surface area contributed by atoms with Crippen LogP contribution >= 0.6 is 11.8 Å². The number of halogens is 1. The van der Waals surface area contributed by atoms with Gasteiger partial charge in [0.1, 0.15) is 0 Å². The van der Waals surface area contributed by atoms with Crippen LogP contribution in [0.4, 0.5) is 0 Å². The van der Waals surface area contributed by atoms with Crippen LogP contribution in [0.2, 0.25) is 0 Å². The second kappa shape index (κ2) is 3.66. The summed E-state index contributed by atoms with van der Waals surface area (Å²) in [5, 5.41) is 10.2. The maximum atomic E-state index is 10.2. The highest BCUT2D eigenvalue weighted by atomic mass is 35.5. The Kier molecular flexibility index (Phi) is 2.80. The van der Waals surface area contributed by atoms with E-state index < -0.39 is 0 Å². The number of hydrogen-bond acceptors (Lipinski definition) is 2. The number of aliphatic hydroxyl groups is 1. The van der Waals surface area contributed by atoms with Crippen LogP contribution < -0.4 is 0 Å². The maximum absolute atomic E-state index is 10.2. The van der Waals surface area contributed by atoms with Crippen LogP contribution in [0, 0.1) is 17.3 Å². The van der Waals surface area contributed by atoms with Crippen LogP contribution in [0.5, 0.6) is 0 Å². The van der Waals surface area contributed by atoms with Gasteiger partial charge in [-0.25, -0.2) is 4.42 Å². The molecule has 0 radical (unpaired) electrons. The highest BCUT2D eigenvalue weighted by molar-refractivity contribution is 6.13. The molecule has 1 aliphatic heterocycles. The zero-order valence-corrected chi connectivity index (χ0v) is 9.80. The molecule has 1 aliphatic carbocycles. The van der Waals surface area contributed by atoms with Crippen molar-refractivity contribution in [3.8, 4) is 0 Å². The Balaban J connectivity index is 1.95. The van der Waals surface area contributed by atoms with Crippen molar-refractivity contribution in [3.63, 3.8) is 0 Å². The van der Waals surface area contributed by atoms with Gasteiger partial charge in [0.05, 0.1) is 6.10 Å². The van der Waals surface area contributed by atoms with E-state index in [9.17, 15) is 5.11 Å². The summed E-state index contributed by atoms with van der Waals surface area (Å²) in [6.45, 7) is 6.28. The van der Waals surface area contributed by atoms with Gasteiger partial charge in [0.25, 0.3) is 0 Å². The lowest BCUT2D eigenvalue weighted by molar-refractivity contribution is -0.156. The molecular formula is C11H20ClNO. The van der Waals surface area contributed by atoms with E-state index in [4.69, 9.17) is 11.8 Å². The van der Waals surface area contributed by atoms with Crippen molar-refractivity contribution < 1.29 is 5.11 Å². The molecule has 0 aromatic carbocycles. The van der Waals surface area contributed by atoms with Crippen LogP contribution in [0.15, 0.2) is 0 Å². The minimum absolute atomic E-state index is 0.0760. The summed E-state index contributed by atoms with van der Waals surface area (Å²) in [5.74, 6) is 1.14. The number of aliphatic hydroxyl groups excluding tert-OH is 1. The molecule has 2 fully saturated rings. The normalized spacial score (nSPS) is 37.5. The van der Waals surface area contributed by atoms with Gasteiger partial charge >= 0.3 is 0 Å². The van der Waals surface area contributed by atoms with E-state index in [0.29, 0.717) is 11.8 Å². The maximum Gasteiger partial charge on any atom is 0.0628 e. The third-order valence-electron chi connectivity index (χ3n) is 4.24. The largest absolute Gasteiger partial charge is 0.392 e. The van der Waals surface area contributed by atoms with Gasteiger partial charge in [-0.2, -0.15) is 0 Å². The van der Waals surface area contributed by atoms with Crippen molar-refractivity contribution in [3.05, 3.63) is 0 Å². The highest BCUT2D eigenvalue weighted by Gasteiger charge is 2.54. The minimum Gasteiger partial charge on any atom is -0.392 e. The summed E-state index contributed by atoms with van der Waals surface area (Å²) >= 11 is 5.92. The molecule has 2 aliphatic rings. The molecule has 2 rings (SSSR count). The third kappa shape index (κ3) is 1.58. The number of nitrogens with zero attached hydrogens (tertiary/aromatic N) is 1. The average Bonchev–Trinajstić information content (AvgIpc) is 2.15. The molecule has 3 heteroatoms. The number of hydrogen-bond donors (Lipinski definition) is 1. The standard InChI is InChI=1S/C11H20ClNO/c1-8(2)9-7-11(10(9)14)3-5-13(12)6-4-11/h8-10,14H,3-7H2,1-2H3. The zero-order chi connectivity index (χ0) is 10.3. The van der Waals surface area contributed by atoms with Crippen molar-refractivity contribution in [2.24, 2.45) is 17.3 Å². The van der Waals surface area contributed by atoms with Gasteiger partial charge in [-0.3, -0.25) is 0 Å². The predicted molar refractivity (Wildman–Crippen MR) is 58.0 cm³/mol. The van der Waals surface area contributed by atoms with E-state index >= 15 is 0 Å². The van der Waals surface area contributed by atoms with Gasteiger partial charge in [0, 0.05) is 13.1 Å². The number of piperidine rings is 1. The molecule has 1 saturated carbocycles. The average molecular weight is 218 g/mol. The Morgan fingerprint density at radius 1 is 1.36 bits per heavy atom. The van der Waals surface area contributed by atoms with Crippen molar-refractivity contribution in [2.45, 2.75) is 39.2 Å². The van der Waals surface area contributed by atoms with Crippen molar-refractivity contribution in [1.82, 2.24) is 4.42 Å². The first-order chi connectivity index (χ1) is 6.55. The van der Waals surface area contributed by atoms with E-state index in [-0.39, 0.29) is 11.5 Å². The Morgan fingerprint density at radius 2 is 1.93 bits per heavy atom. The summed E-state index contributed by atoms with van der Waals surface area (Å²) in [6, 6.07) is 0.